The number of carbonyl (C=O) groups is 1. The third-order valence-electron chi connectivity index (χ3n) is 5.00. The van der Waals surface area contributed by atoms with Crippen molar-refractivity contribution < 1.29 is 22.7 Å². The predicted molar refractivity (Wildman–Crippen MR) is 107 cm³/mol. The van der Waals surface area contributed by atoms with Gasteiger partial charge in [-0.25, -0.2) is 4.68 Å². The molecule has 1 aromatic carbocycles. The van der Waals surface area contributed by atoms with Gasteiger partial charge in [-0.15, -0.1) is 11.3 Å². The lowest BCUT2D eigenvalue weighted by atomic mass is 9.95. The minimum atomic E-state index is -4.52. The first kappa shape index (κ1) is 20.3. The van der Waals surface area contributed by atoms with Crippen LogP contribution in [0.1, 0.15) is 39.3 Å². The molecule has 0 bridgehead atoms. The highest BCUT2D eigenvalue weighted by Crippen LogP contribution is 2.45. The Balaban J connectivity index is 1.67. The average molecular weight is 436 g/mol. The number of hydrogen-bond acceptors (Lipinski definition) is 5. The van der Waals surface area contributed by atoms with E-state index in [1.54, 1.807) is 24.3 Å². The Bertz CT molecular complexity index is 1030. The van der Waals surface area contributed by atoms with Crippen molar-refractivity contribution >= 4 is 23.1 Å². The van der Waals surface area contributed by atoms with E-state index in [4.69, 9.17) is 4.74 Å². The van der Waals surface area contributed by atoms with Crippen LogP contribution in [-0.4, -0.2) is 29.0 Å². The number of amides is 1. The molecule has 2 N–H and O–H groups in total. The Morgan fingerprint density at radius 2 is 2.13 bits per heavy atom. The molecule has 0 saturated carbocycles. The highest BCUT2D eigenvalue weighted by atomic mass is 32.1. The highest BCUT2D eigenvalue weighted by Gasteiger charge is 2.47. The number of para-hydroxylation sites is 1. The molecule has 0 fully saturated rings. The molecule has 1 aliphatic heterocycles. The molecule has 0 radical (unpaired) electrons. The van der Waals surface area contributed by atoms with E-state index in [2.05, 4.69) is 15.7 Å². The first-order chi connectivity index (χ1) is 14.4. The van der Waals surface area contributed by atoms with Crippen LogP contribution in [0, 0.1) is 0 Å². The number of alkyl halides is 3. The monoisotopic (exact) mass is 436 g/mol. The minimum absolute atomic E-state index is 0.0446. The number of thiophene rings is 1. The van der Waals surface area contributed by atoms with Gasteiger partial charge in [-0.2, -0.15) is 18.3 Å². The molecule has 0 unspecified atom stereocenters. The number of ether oxygens (including phenoxy) is 1. The van der Waals surface area contributed by atoms with Crippen molar-refractivity contribution in [2.24, 2.45) is 0 Å². The van der Waals surface area contributed by atoms with E-state index in [1.165, 1.54) is 24.6 Å². The summed E-state index contributed by atoms with van der Waals surface area (Å²) in [7, 11) is 1.47. The molecule has 2 atom stereocenters. The number of halogens is 3. The Kier molecular flexibility index (Phi) is 5.42. The van der Waals surface area contributed by atoms with Crippen LogP contribution in [0.4, 0.5) is 19.0 Å². The smallest absolute Gasteiger partial charge is 0.410 e. The molecule has 1 aliphatic rings. The fourth-order valence-electron chi connectivity index (χ4n) is 3.56. The SMILES string of the molecule is COc1ccccc1[C@@H]1C[C@@H](C(F)(F)F)n2ncc(C(=O)NCc3cccs3)c2N1. The van der Waals surface area contributed by atoms with Gasteiger partial charge in [-0.3, -0.25) is 4.79 Å². The van der Waals surface area contributed by atoms with E-state index >= 15 is 0 Å². The van der Waals surface area contributed by atoms with Crippen LogP contribution < -0.4 is 15.4 Å². The van der Waals surface area contributed by atoms with Gasteiger partial charge in [0.1, 0.15) is 17.1 Å². The second kappa shape index (κ2) is 8.02. The molecule has 4 rings (SSSR count). The maximum Gasteiger partial charge on any atom is 0.410 e. The third kappa shape index (κ3) is 3.87. The van der Waals surface area contributed by atoms with Crippen molar-refractivity contribution in [3.8, 4) is 5.75 Å². The number of aromatic nitrogens is 2. The molecule has 0 spiro atoms. The molecule has 0 aliphatic carbocycles. The third-order valence-corrected chi connectivity index (χ3v) is 5.88. The van der Waals surface area contributed by atoms with Crippen molar-refractivity contribution in [1.82, 2.24) is 15.1 Å². The molecule has 1 amide bonds. The first-order valence-electron chi connectivity index (χ1n) is 9.22. The summed E-state index contributed by atoms with van der Waals surface area (Å²) < 4.78 is 47.6. The van der Waals surface area contributed by atoms with E-state index in [0.29, 0.717) is 17.9 Å². The van der Waals surface area contributed by atoms with E-state index in [-0.39, 0.29) is 17.8 Å². The molecule has 158 valence electrons. The van der Waals surface area contributed by atoms with Gasteiger partial charge < -0.3 is 15.4 Å². The summed E-state index contributed by atoms with van der Waals surface area (Å²) >= 11 is 1.48. The molecule has 0 saturated heterocycles. The summed E-state index contributed by atoms with van der Waals surface area (Å²) in [4.78, 5) is 13.6. The van der Waals surface area contributed by atoms with Crippen molar-refractivity contribution in [2.75, 3.05) is 12.4 Å². The molecule has 3 heterocycles. The fraction of sp³-hybridized carbons (Fsp3) is 0.300. The Morgan fingerprint density at radius 3 is 2.83 bits per heavy atom. The van der Waals surface area contributed by atoms with Crippen LogP contribution in [0.5, 0.6) is 5.75 Å². The molecule has 30 heavy (non-hydrogen) atoms. The van der Waals surface area contributed by atoms with Gasteiger partial charge in [0.25, 0.3) is 5.91 Å². The maximum atomic E-state index is 13.8. The van der Waals surface area contributed by atoms with Gasteiger partial charge in [0, 0.05) is 16.9 Å². The van der Waals surface area contributed by atoms with E-state index in [1.807, 2.05) is 17.5 Å². The quantitative estimate of drug-likeness (QED) is 0.616. The van der Waals surface area contributed by atoms with Crippen LogP contribution in [0.2, 0.25) is 0 Å². The lowest BCUT2D eigenvalue weighted by Crippen LogP contribution is -2.36. The van der Waals surface area contributed by atoms with Gasteiger partial charge in [0.2, 0.25) is 0 Å². The van der Waals surface area contributed by atoms with E-state index in [0.717, 1.165) is 9.56 Å². The maximum absolute atomic E-state index is 13.8. The van der Waals surface area contributed by atoms with Crippen molar-refractivity contribution in [2.45, 2.75) is 31.2 Å². The second-order valence-corrected chi connectivity index (χ2v) is 7.88. The zero-order chi connectivity index (χ0) is 21.3. The Hall–Kier alpha value is -3.01. The minimum Gasteiger partial charge on any atom is -0.496 e. The summed E-state index contributed by atoms with van der Waals surface area (Å²) in [5.41, 5.74) is 0.659. The molecule has 2 aromatic heterocycles. The summed E-state index contributed by atoms with van der Waals surface area (Å²) in [5.74, 6) is 0.0366. The number of carbonyl (C=O) groups excluding carboxylic acids is 1. The summed E-state index contributed by atoms with van der Waals surface area (Å²) in [6.07, 6.45) is -3.61. The standard InChI is InChI=1S/C20H19F3N4O2S/c1-29-16-7-3-2-6-13(16)15-9-17(20(21,22)23)27-18(26-15)14(11-25-27)19(28)24-10-12-5-4-8-30-12/h2-8,11,15,17,26H,9-10H2,1H3,(H,24,28)/t15-,17-/m0/s1. The largest absolute Gasteiger partial charge is 0.496 e. The number of fused-ring (bicyclic) bond motifs is 1. The van der Waals surface area contributed by atoms with Crippen LogP contribution in [-0.2, 0) is 6.54 Å². The number of benzene rings is 1. The molecular weight excluding hydrogens is 417 g/mol. The van der Waals surface area contributed by atoms with Crippen LogP contribution in [0.3, 0.4) is 0 Å². The zero-order valence-electron chi connectivity index (χ0n) is 15.9. The first-order valence-corrected chi connectivity index (χ1v) is 10.1. The number of methoxy groups -OCH3 is 1. The number of anilines is 1. The van der Waals surface area contributed by atoms with Gasteiger partial charge >= 0.3 is 6.18 Å². The summed E-state index contributed by atoms with van der Waals surface area (Å²) in [5, 5.41) is 11.6. The van der Waals surface area contributed by atoms with Gasteiger partial charge in [-0.1, -0.05) is 24.3 Å². The number of hydrogen-bond donors (Lipinski definition) is 2. The van der Waals surface area contributed by atoms with Gasteiger partial charge in [0.05, 0.1) is 25.9 Å². The Labute approximate surface area is 174 Å². The second-order valence-electron chi connectivity index (χ2n) is 6.85. The highest BCUT2D eigenvalue weighted by molar-refractivity contribution is 7.09. The number of rotatable bonds is 5. The van der Waals surface area contributed by atoms with Gasteiger partial charge in [-0.05, 0) is 17.5 Å². The van der Waals surface area contributed by atoms with Crippen molar-refractivity contribution in [1.29, 1.82) is 0 Å². The van der Waals surface area contributed by atoms with Crippen LogP contribution >= 0.6 is 11.3 Å². The van der Waals surface area contributed by atoms with Crippen molar-refractivity contribution in [3.63, 3.8) is 0 Å². The van der Waals surface area contributed by atoms with Gasteiger partial charge in [0.15, 0.2) is 6.04 Å². The Morgan fingerprint density at radius 1 is 1.33 bits per heavy atom. The lowest BCUT2D eigenvalue weighted by Gasteiger charge is -2.34. The van der Waals surface area contributed by atoms with E-state index < -0.39 is 24.2 Å². The van der Waals surface area contributed by atoms with Crippen LogP contribution in [0.25, 0.3) is 0 Å². The number of nitrogens with zero attached hydrogens (tertiary/aromatic N) is 2. The zero-order valence-corrected chi connectivity index (χ0v) is 16.8. The lowest BCUT2D eigenvalue weighted by molar-refractivity contribution is -0.173. The molecule has 10 heteroatoms. The average Bonchev–Trinajstić information content (AvgIpc) is 3.40. The van der Waals surface area contributed by atoms with Crippen LogP contribution in [0.15, 0.2) is 48.0 Å². The topological polar surface area (TPSA) is 68.2 Å². The predicted octanol–water partition coefficient (Wildman–Crippen LogP) is 4.54. The fourth-order valence-corrected chi connectivity index (χ4v) is 4.21. The summed E-state index contributed by atoms with van der Waals surface area (Å²) in [6, 6.07) is 8.08. The normalized spacial score (nSPS) is 18.4. The summed E-state index contributed by atoms with van der Waals surface area (Å²) in [6.45, 7) is 0.291. The van der Waals surface area contributed by atoms with Crippen molar-refractivity contribution in [3.05, 3.63) is 64.0 Å². The molecule has 6 nitrogen and oxygen atoms in total. The number of nitrogens with one attached hydrogen (secondary N) is 2. The molecular formula is C20H19F3N4O2S. The molecule has 3 aromatic rings. The van der Waals surface area contributed by atoms with E-state index in [9.17, 15) is 18.0 Å².